The minimum Gasteiger partial charge on any atom is -0.447 e. The van der Waals surface area contributed by atoms with Gasteiger partial charge in [0.25, 0.3) is 0 Å². The van der Waals surface area contributed by atoms with Crippen LogP contribution in [0.3, 0.4) is 0 Å². The van der Waals surface area contributed by atoms with Crippen LogP contribution in [0.5, 0.6) is 0 Å². The van der Waals surface area contributed by atoms with Gasteiger partial charge in [-0.3, -0.25) is 4.90 Å². The molecule has 5 nitrogen and oxygen atoms in total. The van der Waals surface area contributed by atoms with E-state index >= 15 is 0 Å². The number of anilines is 1. The highest BCUT2D eigenvalue weighted by Gasteiger charge is 2.35. The summed E-state index contributed by atoms with van der Waals surface area (Å²) in [6.45, 7) is 2.58. The quantitative estimate of drug-likeness (QED) is 0.899. The molecule has 5 heteroatoms. The molecular weight excluding hydrogens is 326 g/mol. The van der Waals surface area contributed by atoms with Crippen molar-refractivity contribution in [3.8, 4) is 0 Å². The summed E-state index contributed by atoms with van der Waals surface area (Å²) in [5.74, 6) is 1.38. The van der Waals surface area contributed by atoms with E-state index < -0.39 is 0 Å². The van der Waals surface area contributed by atoms with Crippen LogP contribution in [0.1, 0.15) is 24.1 Å². The zero-order valence-electron chi connectivity index (χ0n) is 14.9. The Labute approximate surface area is 154 Å². The number of benzene rings is 1. The van der Waals surface area contributed by atoms with Crippen molar-refractivity contribution in [1.29, 1.82) is 0 Å². The van der Waals surface area contributed by atoms with Crippen molar-refractivity contribution in [1.82, 2.24) is 10.3 Å². The van der Waals surface area contributed by atoms with E-state index in [-0.39, 0.29) is 12.1 Å². The maximum Gasteiger partial charge on any atom is 0.415 e. The number of rotatable bonds is 5. The number of amides is 1. The van der Waals surface area contributed by atoms with E-state index in [2.05, 4.69) is 23.5 Å². The van der Waals surface area contributed by atoms with Gasteiger partial charge >= 0.3 is 6.09 Å². The average molecular weight is 351 g/mol. The highest BCUT2D eigenvalue weighted by Crippen LogP contribution is 2.25. The van der Waals surface area contributed by atoms with Gasteiger partial charge in [-0.15, -0.1) is 0 Å². The molecule has 1 amide bonds. The Balaban J connectivity index is 1.50. The van der Waals surface area contributed by atoms with Gasteiger partial charge in [-0.25, -0.2) is 9.78 Å². The molecule has 4 rings (SSSR count). The largest absolute Gasteiger partial charge is 0.447 e. The summed E-state index contributed by atoms with van der Waals surface area (Å²) in [6.07, 6.45) is 3.83. The van der Waals surface area contributed by atoms with Crippen molar-refractivity contribution in [2.24, 2.45) is 5.92 Å². The number of nitrogens with one attached hydrogen (secondary N) is 1. The van der Waals surface area contributed by atoms with Gasteiger partial charge in [0.15, 0.2) is 0 Å². The van der Waals surface area contributed by atoms with Gasteiger partial charge in [0, 0.05) is 5.69 Å². The number of nitrogens with zero attached hydrogens (tertiary/aromatic N) is 2. The van der Waals surface area contributed by atoms with E-state index in [0.717, 1.165) is 31.6 Å². The van der Waals surface area contributed by atoms with Gasteiger partial charge in [0.1, 0.15) is 12.4 Å². The lowest BCUT2D eigenvalue weighted by atomic mass is 9.93. The number of hydrogen-bond donors (Lipinski definition) is 1. The highest BCUT2D eigenvalue weighted by molar-refractivity contribution is 5.89. The van der Waals surface area contributed by atoms with Crippen molar-refractivity contribution in [3.05, 3.63) is 59.8 Å². The first-order valence-electron chi connectivity index (χ1n) is 9.46. The standard InChI is InChI=1S/C21H25N3O2/c25-21-24(19(15-26-21)14-16-5-2-1-3-6-16)20-8-4-7-18(23-20)13-17-9-11-22-12-10-17/h1-8,17,19,22H,9-15H2. The van der Waals surface area contributed by atoms with E-state index in [1.807, 2.05) is 30.3 Å². The molecule has 0 spiro atoms. The Kier molecular flexibility index (Phi) is 5.16. The fourth-order valence-corrected chi connectivity index (χ4v) is 3.87. The molecule has 0 saturated carbocycles. The number of pyridine rings is 1. The molecule has 2 fully saturated rings. The van der Waals surface area contributed by atoms with E-state index in [4.69, 9.17) is 9.72 Å². The van der Waals surface area contributed by atoms with Crippen molar-refractivity contribution in [2.75, 3.05) is 24.6 Å². The summed E-state index contributed by atoms with van der Waals surface area (Å²) < 4.78 is 5.33. The molecule has 2 aliphatic rings. The second-order valence-corrected chi connectivity index (χ2v) is 7.18. The molecule has 1 aromatic heterocycles. The average Bonchev–Trinajstić information content (AvgIpc) is 3.04. The first-order chi connectivity index (χ1) is 12.8. The summed E-state index contributed by atoms with van der Waals surface area (Å²) in [5, 5.41) is 3.40. The van der Waals surface area contributed by atoms with Crippen LogP contribution in [-0.4, -0.2) is 36.8 Å². The molecule has 0 radical (unpaired) electrons. The lowest BCUT2D eigenvalue weighted by Gasteiger charge is -2.24. The van der Waals surface area contributed by atoms with Crippen LogP contribution in [0.2, 0.25) is 0 Å². The maximum absolute atomic E-state index is 12.3. The summed E-state index contributed by atoms with van der Waals surface area (Å²) in [6, 6.07) is 16.2. The first-order valence-corrected chi connectivity index (χ1v) is 9.46. The Bertz CT molecular complexity index is 744. The molecule has 1 atom stereocenters. The molecule has 0 aliphatic carbocycles. The Morgan fingerprint density at radius 1 is 1.04 bits per heavy atom. The van der Waals surface area contributed by atoms with E-state index in [0.29, 0.717) is 18.3 Å². The topological polar surface area (TPSA) is 54.5 Å². The lowest BCUT2D eigenvalue weighted by Crippen LogP contribution is -2.36. The van der Waals surface area contributed by atoms with Gasteiger partial charge in [0.05, 0.1) is 6.04 Å². The third kappa shape index (κ3) is 3.88. The fraction of sp³-hybridized carbons (Fsp3) is 0.429. The number of aromatic nitrogens is 1. The van der Waals surface area contributed by atoms with E-state index in [1.54, 1.807) is 4.90 Å². The maximum atomic E-state index is 12.3. The fourth-order valence-electron chi connectivity index (χ4n) is 3.87. The molecule has 2 aromatic rings. The molecule has 1 N–H and O–H groups in total. The minimum absolute atomic E-state index is 0.00784. The zero-order chi connectivity index (χ0) is 17.8. The summed E-state index contributed by atoms with van der Waals surface area (Å²) >= 11 is 0. The number of hydrogen-bond acceptors (Lipinski definition) is 4. The van der Waals surface area contributed by atoms with Crippen LogP contribution in [0.15, 0.2) is 48.5 Å². The molecule has 2 saturated heterocycles. The molecular formula is C21H25N3O2. The normalized spacial score (nSPS) is 21.0. The van der Waals surface area contributed by atoms with Crippen molar-refractivity contribution in [2.45, 2.75) is 31.7 Å². The number of ether oxygens (including phenoxy) is 1. The van der Waals surface area contributed by atoms with E-state index in [1.165, 1.54) is 18.4 Å². The number of carbonyl (C=O) groups excluding carboxylic acids is 1. The number of cyclic esters (lactones) is 1. The highest BCUT2D eigenvalue weighted by atomic mass is 16.6. The van der Waals surface area contributed by atoms with Crippen molar-refractivity contribution in [3.63, 3.8) is 0 Å². The molecule has 136 valence electrons. The van der Waals surface area contributed by atoms with Gasteiger partial charge in [-0.05, 0) is 62.4 Å². The van der Waals surface area contributed by atoms with Gasteiger partial charge in [0.2, 0.25) is 0 Å². The van der Waals surface area contributed by atoms with Crippen LogP contribution in [-0.2, 0) is 17.6 Å². The van der Waals surface area contributed by atoms with Crippen LogP contribution in [0, 0.1) is 5.92 Å². The van der Waals surface area contributed by atoms with Crippen LogP contribution in [0.25, 0.3) is 0 Å². The second kappa shape index (κ2) is 7.87. The third-order valence-corrected chi connectivity index (χ3v) is 5.27. The smallest absolute Gasteiger partial charge is 0.415 e. The van der Waals surface area contributed by atoms with Crippen molar-refractivity contribution < 1.29 is 9.53 Å². The Hall–Kier alpha value is -2.40. The number of carbonyl (C=O) groups is 1. The molecule has 1 aromatic carbocycles. The summed E-state index contributed by atoms with van der Waals surface area (Å²) in [5.41, 5.74) is 2.26. The predicted octanol–water partition coefficient (Wildman–Crippen LogP) is 3.19. The second-order valence-electron chi connectivity index (χ2n) is 7.18. The summed E-state index contributed by atoms with van der Waals surface area (Å²) in [7, 11) is 0. The van der Waals surface area contributed by atoms with Gasteiger partial charge in [-0.2, -0.15) is 0 Å². The van der Waals surface area contributed by atoms with Gasteiger partial charge < -0.3 is 10.1 Å². The molecule has 26 heavy (non-hydrogen) atoms. The van der Waals surface area contributed by atoms with Crippen molar-refractivity contribution >= 4 is 11.9 Å². The van der Waals surface area contributed by atoms with Crippen LogP contribution in [0.4, 0.5) is 10.6 Å². The molecule has 3 heterocycles. The summed E-state index contributed by atoms with van der Waals surface area (Å²) in [4.78, 5) is 18.8. The minimum atomic E-state index is -0.294. The Morgan fingerprint density at radius 2 is 1.85 bits per heavy atom. The zero-order valence-corrected chi connectivity index (χ0v) is 14.9. The molecule has 2 aliphatic heterocycles. The Morgan fingerprint density at radius 3 is 2.65 bits per heavy atom. The van der Waals surface area contributed by atoms with Crippen LogP contribution < -0.4 is 10.2 Å². The van der Waals surface area contributed by atoms with E-state index in [9.17, 15) is 4.79 Å². The number of piperidine rings is 1. The molecule has 1 unspecified atom stereocenters. The monoisotopic (exact) mass is 351 g/mol. The molecule has 0 bridgehead atoms. The van der Waals surface area contributed by atoms with Crippen LogP contribution >= 0.6 is 0 Å². The lowest BCUT2D eigenvalue weighted by molar-refractivity contribution is 0.178. The SMILES string of the molecule is O=C1OCC(Cc2ccccc2)N1c1cccc(CC2CCNCC2)n1. The third-order valence-electron chi connectivity index (χ3n) is 5.27. The van der Waals surface area contributed by atoms with Gasteiger partial charge in [-0.1, -0.05) is 36.4 Å². The first kappa shape index (κ1) is 17.0. The predicted molar refractivity (Wildman–Crippen MR) is 101 cm³/mol.